The first kappa shape index (κ1) is 25.6. The third kappa shape index (κ3) is 5.07. The Morgan fingerprint density at radius 1 is 1.08 bits per heavy atom. The molecule has 7 heteroatoms. The van der Waals surface area contributed by atoms with Gasteiger partial charge in [0.1, 0.15) is 5.75 Å². The summed E-state index contributed by atoms with van der Waals surface area (Å²) in [6.45, 7) is 11.9. The Morgan fingerprint density at radius 2 is 1.72 bits per heavy atom. The lowest BCUT2D eigenvalue weighted by atomic mass is 9.87. The average molecular weight is 505 g/mol. The van der Waals surface area contributed by atoms with Crippen LogP contribution in [0.1, 0.15) is 64.3 Å². The highest BCUT2D eigenvalue weighted by atomic mass is 32.1. The Labute approximate surface area is 215 Å². The maximum atomic E-state index is 13.7. The summed E-state index contributed by atoms with van der Waals surface area (Å²) < 4.78 is 13.0. The highest BCUT2D eigenvalue weighted by molar-refractivity contribution is 7.07. The summed E-state index contributed by atoms with van der Waals surface area (Å²) in [5, 5.41) is 0. The Kier molecular flexibility index (Phi) is 7.05. The van der Waals surface area contributed by atoms with Crippen molar-refractivity contribution in [3.05, 3.63) is 96.2 Å². The summed E-state index contributed by atoms with van der Waals surface area (Å²) in [4.78, 5) is 32.1. The fourth-order valence-corrected chi connectivity index (χ4v) is 5.24. The van der Waals surface area contributed by atoms with Crippen molar-refractivity contribution in [3.63, 3.8) is 0 Å². The van der Waals surface area contributed by atoms with Gasteiger partial charge in [-0.3, -0.25) is 9.36 Å². The molecule has 0 aliphatic carbocycles. The van der Waals surface area contributed by atoms with Crippen LogP contribution in [0.15, 0.2) is 69.6 Å². The summed E-state index contributed by atoms with van der Waals surface area (Å²) in [6.07, 6.45) is 1.59. The van der Waals surface area contributed by atoms with Gasteiger partial charge in [-0.2, -0.15) is 0 Å². The second kappa shape index (κ2) is 9.90. The molecule has 0 amide bonds. The van der Waals surface area contributed by atoms with Crippen LogP contribution in [0.25, 0.3) is 6.08 Å². The molecule has 2 aromatic carbocycles. The smallest absolute Gasteiger partial charge is 0.338 e. The molecule has 3 aromatic rings. The van der Waals surface area contributed by atoms with Gasteiger partial charge in [0, 0.05) is 0 Å². The second-order valence-corrected chi connectivity index (χ2v) is 11.2. The van der Waals surface area contributed by atoms with Crippen molar-refractivity contribution in [2.45, 2.75) is 59.1 Å². The Balaban J connectivity index is 1.88. The number of esters is 1. The van der Waals surface area contributed by atoms with E-state index >= 15 is 0 Å². The third-order valence-corrected chi connectivity index (χ3v) is 7.07. The van der Waals surface area contributed by atoms with Crippen LogP contribution < -0.4 is 19.6 Å². The number of nitrogens with zero attached hydrogens (tertiary/aromatic N) is 2. The number of aromatic nitrogens is 1. The Bertz CT molecular complexity index is 1490. The first-order valence-electron chi connectivity index (χ1n) is 12.0. The molecular weight excluding hydrogens is 472 g/mol. The van der Waals surface area contributed by atoms with Crippen LogP contribution in [0.5, 0.6) is 5.75 Å². The Morgan fingerprint density at radius 3 is 2.28 bits per heavy atom. The maximum Gasteiger partial charge on any atom is 0.338 e. The van der Waals surface area contributed by atoms with Crippen molar-refractivity contribution in [1.82, 2.24) is 4.57 Å². The predicted octanol–water partition coefficient (Wildman–Crippen LogP) is 4.49. The first-order valence-corrected chi connectivity index (χ1v) is 12.8. The second-order valence-electron chi connectivity index (χ2n) is 10.2. The lowest BCUT2D eigenvalue weighted by molar-refractivity contribution is -0.143. The predicted molar refractivity (Wildman–Crippen MR) is 143 cm³/mol. The van der Waals surface area contributed by atoms with Crippen molar-refractivity contribution < 1.29 is 14.3 Å². The van der Waals surface area contributed by atoms with E-state index in [1.165, 1.54) is 16.9 Å². The summed E-state index contributed by atoms with van der Waals surface area (Å²) in [5.74, 6) is 0.219. The molecule has 36 heavy (non-hydrogen) atoms. The maximum absolute atomic E-state index is 13.7. The van der Waals surface area contributed by atoms with E-state index < -0.39 is 12.0 Å². The zero-order valence-electron chi connectivity index (χ0n) is 21.8. The van der Waals surface area contributed by atoms with Gasteiger partial charge in [0.05, 0.1) is 35.1 Å². The Hall–Kier alpha value is -3.45. The number of allylic oxidation sites excluding steroid dienone is 1. The van der Waals surface area contributed by atoms with Gasteiger partial charge in [0.2, 0.25) is 0 Å². The molecule has 1 aliphatic heterocycles. The van der Waals surface area contributed by atoms with E-state index in [1.807, 2.05) is 42.5 Å². The zero-order chi connectivity index (χ0) is 26.2. The molecule has 1 aromatic heterocycles. The van der Waals surface area contributed by atoms with Crippen molar-refractivity contribution in [2.24, 2.45) is 4.99 Å². The van der Waals surface area contributed by atoms with Crippen LogP contribution in [-0.4, -0.2) is 23.8 Å². The number of rotatable bonds is 5. The number of methoxy groups -OCH3 is 1. The van der Waals surface area contributed by atoms with E-state index in [0.717, 1.165) is 11.1 Å². The number of ether oxygens (including phenoxy) is 2. The fraction of sp³-hybridized carbons (Fsp3) is 0.345. The lowest BCUT2D eigenvalue weighted by Gasteiger charge is -2.25. The van der Waals surface area contributed by atoms with Crippen LogP contribution in [0.2, 0.25) is 0 Å². The molecule has 0 saturated carbocycles. The van der Waals surface area contributed by atoms with E-state index in [1.54, 1.807) is 32.4 Å². The highest BCUT2D eigenvalue weighted by Crippen LogP contribution is 2.32. The van der Waals surface area contributed by atoms with Gasteiger partial charge in [0.25, 0.3) is 5.56 Å². The molecular formula is C29H32N2O4S. The quantitative estimate of drug-likeness (QED) is 0.480. The summed E-state index contributed by atoms with van der Waals surface area (Å²) in [7, 11) is 1.60. The number of benzene rings is 2. The molecule has 0 fully saturated rings. The van der Waals surface area contributed by atoms with E-state index in [4.69, 9.17) is 9.47 Å². The first-order chi connectivity index (χ1) is 17.0. The fourth-order valence-electron chi connectivity index (χ4n) is 4.19. The van der Waals surface area contributed by atoms with Gasteiger partial charge in [-0.05, 0) is 61.1 Å². The number of fused-ring (bicyclic) bond motifs is 1. The van der Waals surface area contributed by atoms with Gasteiger partial charge >= 0.3 is 5.97 Å². The van der Waals surface area contributed by atoms with Crippen molar-refractivity contribution in [1.29, 1.82) is 0 Å². The molecule has 1 aliphatic rings. The largest absolute Gasteiger partial charge is 0.497 e. The highest BCUT2D eigenvalue weighted by Gasteiger charge is 2.33. The van der Waals surface area contributed by atoms with Crippen molar-refractivity contribution in [2.75, 3.05) is 7.11 Å². The summed E-state index contributed by atoms with van der Waals surface area (Å²) in [5.41, 5.74) is 3.71. The molecule has 188 valence electrons. The van der Waals surface area contributed by atoms with Gasteiger partial charge in [-0.25, -0.2) is 9.79 Å². The van der Waals surface area contributed by atoms with Crippen LogP contribution in [-0.2, 0) is 14.9 Å². The van der Waals surface area contributed by atoms with Crippen LogP contribution in [0, 0.1) is 0 Å². The number of carbonyl (C=O) groups excluding carboxylic acids is 1. The van der Waals surface area contributed by atoms with Crippen molar-refractivity contribution in [3.8, 4) is 5.75 Å². The topological polar surface area (TPSA) is 69.9 Å². The minimum absolute atomic E-state index is 0.0504. The van der Waals surface area contributed by atoms with Gasteiger partial charge in [-0.1, -0.05) is 68.5 Å². The van der Waals surface area contributed by atoms with Gasteiger partial charge in [0.15, 0.2) is 4.80 Å². The van der Waals surface area contributed by atoms with E-state index in [9.17, 15) is 9.59 Å². The molecule has 0 saturated heterocycles. The van der Waals surface area contributed by atoms with Gasteiger partial charge in [-0.15, -0.1) is 0 Å². The van der Waals surface area contributed by atoms with Gasteiger partial charge < -0.3 is 9.47 Å². The molecule has 1 atom stereocenters. The van der Waals surface area contributed by atoms with E-state index in [0.29, 0.717) is 26.4 Å². The number of carbonyl (C=O) groups is 1. The minimum atomic E-state index is -0.649. The molecule has 0 N–H and O–H groups in total. The third-order valence-electron chi connectivity index (χ3n) is 6.09. The summed E-state index contributed by atoms with van der Waals surface area (Å²) in [6, 6.07) is 15.0. The number of hydrogen-bond acceptors (Lipinski definition) is 6. The molecule has 6 nitrogen and oxygen atoms in total. The molecule has 0 bridgehead atoms. The standard InChI is InChI=1S/C29H32N2O4S/c1-17(2)35-27(33)24-18(3)30-28-31(25(24)20-10-14-22(34-7)15-11-20)26(32)23(36-28)16-19-8-12-21(13-9-19)29(4,5)6/h8-17,25H,1-7H3/b23-16+/t25-/m0/s1. The van der Waals surface area contributed by atoms with Crippen LogP contribution in [0.4, 0.5) is 0 Å². The number of thiazole rings is 1. The van der Waals surface area contributed by atoms with E-state index in [-0.39, 0.29) is 17.1 Å². The van der Waals surface area contributed by atoms with E-state index in [2.05, 4.69) is 37.9 Å². The lowest BCUT2D eigenvalue weighted by Crippen LogP contribution is -2.40. The average Bonchev–Trinajstić information content (AvgIpc) is 3.12. The molecule has 0 spiro atoms. The molecule has 2 heterocycles. The van der Waals surface area contributed by atoms with Crippen LogP contribution in [0.3, 0.4) is 0 Å². The normalized spacial score (nSPS) is 16.1. The summed E-state index contributed by atoms with van der Waals surface area (Å²) >= 11 is 1.32. The number of hydrogen-bond donors (Lipinski definition) is 0. The zero-order valence-corrected chi connectivity index (χ0v) is 22.6. The minimum Gasteiger partial charge on any atom is -0.497 e. The monoisotopic (exact) mass is 504 g/mol. The van der Waals surface area contributed by atoms with Crippen molar-refractivity contribution >= 4 is 23.4 Å². The molecule has 4 rings (SSSR count). The SMILES string of the molecule is COc1ccc([C@H]2C(C(=O)OC(C)C)=C(C)N=c3s/c(=C/c4ccc(C(C)(C)C)cc4)c(=O)n32)cc1. The molecule has 0 radical (unpaired) electrons. The van der Waals surface area contributed by atoms with Crippen LogP contribution >= 0.6 is 11.3 Å². The molecule has 0 unspecified atom stereocenters.